The summed E-state index contributed by atoms with van der Waals surface area (Å²) in [6.45, 7) is 4.91. The summed E-state index contributed by atoms with van der Waals surface area (Å²) >= 11 is 0. The maximum absolute atomic E-state index is 12.1. The monoisotopic (exact) mass is 286 g/mol. The minimum atomic E-state index is -1.01. The van der Waals surface area contributed by atoms with Crippen molar-refractivity contribution in [2.75, 3.05) is 20.3 Å². The Morgan fingerprint density at radius 3 is 2.53 bits per heavy atom. The van der Waals surface area contributed by atoms with Crippen LogP contribution in [-0.2, 0) is 15.1 Å². The minimum Gasteiger partial charge on any atom is -0.384 e. The highest BCUT2D eigenvalue weighted by molar-refractivity contribution is 5.87. The molecular weight excluding hydrogens is 264 g/mol. The molecule has 3 N–H and O–H groups in total. The number of hydrogen-bond acceptors (Lipinski definition) is 3. The van der Waals surface area contributed by atoms with Gasteiger partial charge in [-0.3, -0.25) is 4.79 Å². The van der Waals surface area contributed by atoms with E-state index in [9.17, 15) is 4.79 Å². The number of methoxy groups -OCH3 is 1. The summed E-state index contributed by atoms with van der Waals surface area (Å²) in [7, 11) is 1.65. The molecule has 0 saturated carbocycles. The molecule has 1 rings (SSSR count). The first kappa shape index (κ1) is 17.9. The molecule has 2 unspecified atom stereocenters. The molecule has 0 saturated heterocycles. The molecule has 0 heterocycles. The van der Waals surface area contributed by atoms with Crippen LogP contribution in [-0.4, -0.2) is 26.2 Å². The van der Waals surface area contributed by atoms with Crippen LogP contribution in [0.5, 0.6) is 0 Å². The number of nitrogens with two attached hydrogens (primary N) is 1. The molecule has 0 aliphatic heterocycles. The number of benzene rings is 1. The van der Waals surface area contributed by atoms with Gasteiger partial charge in [-0.15, -0.1) is 12.4 Å². The van der Waals surface area contributed by atoms with Gasteiger partial charge in [0.2, 0.25) is 5.91 Å². The highest BCUT2D eigenvalue weighted by Gasteiger charge is 2.30. The fourth-order valence-electron chi connectivity index (χ4n) is 1.71. The van der Waals surface area contributed by atoms with E-state index in [0.717, 1.165) is 5.56 Å². The summed E-state index contributed by atoms with van der Waals surface area (Å²) in [5.74, 6) is 0.0992. The number of carbonyl (C=O) groups excluding carboxylic acids is 1. The molecule has 0 aliphatic rings. The van der Waals surface area contributed by atoms with Gasteiger partial charge in [0.05, 0.1) is 6.61 Å². The predicted molar refractivity (Wildman–Crippen MR) is 79.3 cm³/mol. The van der Waals surface area contributed by atoms with Crippen molar-refractivity contribution in [2.24, 2.45) is 11.7 Å². The number of ether oxygens (including phenoxy) is 1. The SMILES string of the molecule is COCC(C)CNC(=O)C(C)(N)c1ccccc1.Cl. The van der Waals surface area contributed by atoms with Crippen molar-refractivity contribution in [1.29, 1.82) is 0 Å². The fourth-order valence-corrected chi connectivity index (χ4v) is 1.71. The van der Waals surface area contributed by atoms with Gasteiger partial charge in [-0.1, -0.05) is 37.3 Å². The van der Waals surface area contributed by atoms with Gasteiger partial charge in [-0.2, -0.15) is 0 Å². The summed E-state index contributed by atoms with van der Waals surface area (Å²) in [6.07, 6.45) is 0. The Hall–Kier alpha value is -1.10. The van der Waals surface area contributed by atoms with E-state index >= 15 is 0 Å². The number of rotatable bonds is 6. The molecule has 0 fully saturated rings. The van der Waals surface area contributed by atoms with Crippen LogP contribution in [0.15, 0.2) is 30.3 Å². The highest BCUT2D eigenvalue weighted by atomic mass is 35.5. The normalized spacial score (nSPS) is 14.9. The lowest BCUT2D eigenvalue weighted by molar-refractivity contribution is -0.126. The van der Waals surface area contributed by atoms with Crippen molar-refractivity contribution in [3.8, 4) is 0 Å². The van der Waals surface area contributed by atoms with Crippen LogP contribution in [0, 0.1) is 5.92 Å². The van der Waals surface area contributed by atoms with E-state index in [0.29, 0.717) is 13.2 Å². The lowest BCUT2D eigenvalue weighted by atomic mass is 9.92. The van der Waals surface area contributed by atoms with Gasteiger partial charge < -0.3 is 15.8 Å². The topological polar surface area (TPSA) is 64.3 Å². The summed E-state index contributed by atoms with van der Waals surface area (Å²) in [5.41, 5.74) is 5.90. The maximum Gasteiger partial charge on any atom is 0.244 e. The Bertz CT molecular complexity index is 382. The van der Waals surface area contributed by atoms with Gasteiger partial charge in [0, 0.05) is 13.7 Å². The smallest absolute Gasteiger partial charge is 0.244 e. The molecule has 0 aromatic heterocycles. The van der Waals surface area contributed by atoms with Gasteiger partial charge >= 0.3 is 0 Å². The van der Waals surface area contributed by atoms with Gasteiger partial charge in [-0.05, 0) is 18.4 Å². The van der Waals surface area contributed by atoms with Gasteiger partial charge in [0.15, 0.2) is 0 Å². The van der Waals surface area contributed by atoms with E-state index in [2.05, 4.69) is 5.32 Å². The molecule has 2 atom stereocenters. The second kappa shape index (κ2) is 8.15. The lowest BCUT2D eigenvalue weighted by Gasteiger charge is -2.25. The Kier molecular flexibility index (Phi) is 7.68. The third-order valence-electron chi connectivity index (χ3n) is 2.91. The number of amides is 1. The van der Waals surface area contributed by atoms with Crippen LogP contribution < -0.4 is 11.1 Å². The van der Waals surface area contributed by atoms with E-state index in [1.165, 1.54) is 0 Å². The molecule has 4 nitrogen and oxygen atoms in total. The van der Waals surface area contributed by atoms with Crippen molar-refractivity contribution in [1.82, 2.24) is 5.32 Å². The molecule has 5 heteroatoms. The molecule has 0 spiro atoms. The van der Waals surface area contributed by atoms with Crippen molar-refractivity contribution in [3.05, 3.63) is 35.9 Å². The first-order valence-corrected chi connectivity index (χ1v) is 6.10. The zero-order valence-electron chi connectivity index (χ0n) is 11.7. The lowest BCUT2D eigenvalue weighted by Crippen LogP contribution is -2.50. The Balaban J connectivity index is 0.00000324. The molecule has 0 radical (unpaired) electrons. The third-order valence-corrected chi connectivity index (χ3v) is 2.91. The summed E-state index contributed by atoms with van der Waals surface area (Å²) < 4.78 is 5.02. The average molecular weight is 287 g/mol. The van der Waals surface area contributed by atoms with Crippen LogP contribution in [0.2, 0.25) is 0 Å². The predicted octanol–water partition coefficient (Wildman–Crippen LogP) is 1.68. The first-order valence-electron chi connectivity index (χ1n) is 6.10. The van der Waals surface area contributed by atoms with Crippen molar-refractivity contribution >= 4 is 18.3 Å². The molecule has 1 aromatic rings. The molecule has 0 aliphatic carbocycles. The maximum atomic E-state index is 12.1. The van der Waals surface area contributed by atoms with Crippen LogP contribution in [0.1, 0.15) is 19.4 Å². The molecule has 108 valence electrons. The van der Waals surface area contributed by atoms with E-state index in [1.807, 2.05) is 37.3 Å². The third kappa shape index (κ3) is 5.19. The van der Waals surface area contributed by atoms with Crippen LogP contribution >= 0.6 is 12.4 Å². The molecule has 19 heavy (non-hydrogen) atoms. The zero-order valence-corrected chi connectivity index (χ0v) is 12.5. The summed E-state index contributed by atoms with van der Waals surface area (Å²) in [4.78, 5) is 12.1. The summed E-state index contributed by atoms with van der Waals surface area (Å²) in [6, 6.07) is 9.37. The zero-order chi connectivity index (χ0) is 13.6. The quantitative estimate of drug-likeness (QED) is 0.836. The molecule has 1 aromatic carbocycles. The molecule has 0 bridgehead atoms. The fraction of sp³-hybridized carbons (Fsp3) is 0.500. The van der Waals surface area contributed by atoms with Gasteiger partial charge in [0.1, 0.15) is 5.54 Å². The van der Waals surface area contributed by atoms with E-state index in [-0.39, 0.29) is 24.2 Å². The van der Waals surface area contributed by atoms with Gasteiger partial charge in [-0.25, -0.2) is 0 Å². The Labute approximate surface area is 121 Å². The summed E-state index contributed by atoms with van der Waals surface area (Å²) in [5, 5.41) is 2.86. The first-order chi connectivity index (χ1) is 8.48. The minimum absolute atomic E-state index is 0. The van der Waals surface area contributed by atoms with Crippen LogP contribution in [0.3, 0.4) is 0 Å². The largest absolute Gasteiger partial charge is 0.384 e. The van der Waals surface area contributed by atoms with Crippen LogP contribution in [0.4, 0.5) is 0 Å². The standard InChI is InChI=1S/C14H22N2O2.ClH/c1-11(10-18-3)9-16-13(17)14(2,15)12-7-5-4-6-8-12;/h4-8,11H,9-10,15H2,1-3H3,(H,16,17);1H. The van der Waals surface area contributed by atoms with Crippen molar-refractivity contribution in [3.63, 3.8) is 0 Å². The second-order valence-electron chi connectivity index (χ2n) is 4.84. The van der Waals surface area contributed by atoms with Crippen molar-refractivity contribution in [2.45, 2.75) is 19.4 Å². The highest BCUT2D eigenvalue weighted by Crippen LogP contribution is 2.17. The van der Waals surface area contributed by atoms with Crippen LogP contribution in [0.25, 0.3) is 0 Å². The van der Waals surface area contributed by atoms with E-state index in [1.54, 1.807) is 14.0 Å². The molecular formula is C14H23ClN2O2. The number of carbonyl (C=O) groups is 1. The number of halogens is 1. The van der Waals surface area contributed by atoms with E-state index < -0.39 is 5.54 Å². The Morgan fingerprint density at radius 2 is 2.00 bits per heavy atom. The Morgan fingerprint density at radius 1 is 1.42 bits per heavy atom. The molecule has 1 amide bonds. The average Bonchev–Trinajstić information content (AvgIpc) is 2.37. The second-order valence-corrected chi connectivity index (χ2v) is 4.84. The number of nitrogens with one attached hydrogen (secondary N) is 1. The van der Waals surface area contributed by atoms with Gasteiger partial charge in [0.25, 0.3) is 0 Å². The number of hydrogen-bond donors (Lipinski definition) is 2. The van der Waals surface area contributed by atoms with Crippen molar-refractivity contribution < 1.29 is 9.53 Å². The van der Waals surface area contributed by atoms with E-state index in [4.69, 9.17) is 10.5 Å².